The van der Waals surface area contributed by atoms with Gasteiger partial charge < -0.3 is 14.6 Å². The van der Waals surface area contributed by atoms with Gasteiger partial charge >= 0.3 is 0 Å². The van der Waals surface area contributed by atoms with Crippen LogP contribution in [0.3, 0.4) is 0 Å². The normalized spacial score (nSPS) is 15.3. The van der Waals surface area contributed by atoms with Gasteiger partial charge in [-0.2, -0.15) is 10.4 Å². The number of hydrogen-bond acceptors (Lipinski definition) is 8. The second-order valence-corrected chi connectivity index (χ2v) is 8.52. The van der Waals surface area contributed by atoms with E-state index in [9.17, 15) is 10.4 Å². The second kappa shape index (κ2) is 9.84. The van der Waals surface area contributed by atoms with E-state index in [0.29, 0.717) is 29.5 Å². The molecule has 4 heterocycles. The van der Waals surface area contributed by atoms with Crippen molar-refractivity contribution in [2.24, 2.45) is 0 Å². The summed E-state index contributed by atoms with van der Waals surface area (Å²) in [7, 11) is 0. The molecule has 35 heavy (non-hydrogen) atoms. The van der Waals surface area contributed by atoms with Gasteiger partial charge in [0.25, 0.3) is 0 Å². The largest absolute Gasteiger partial charge is 0.492 e. The van der Waals surface area contributed by atoms with Crippen LogP contribution in [0.5, 0.6) is 5.75 Å². The number of nitriles is 1. The van der Waals surface area contributed by atoms with Crippen LogP contribution in [-0.2, 0) is 4.74 Å². The number of morpholine rings is 1. The maximum absolute atomic E-state index is 10.3. The first kappa shape index (κ1) is 23.0. The highest BCUT2D eigenvalue weighted by molar-refractivity contribution is 5.78. The molecule has 4 aromatic rings. The SMILES string of the molecule is Cc1cc(C#N)nn1-c1nc(-n2cnc3cc(OCCN4CCOCC4)ccc32)ccc1C(C)O. The highest BCUT2D eigenvalue weighted by Gasteiger charge is 2.18. The molecule has 1 aliphatic heterocycles. The van der Waals surface area contributed by atoms with Gasteiger partial charge in [-0.05, 0) is 44.2 Å². The van der Waals surface area contributed by atoms with E-state index in [4.69, 9.17) is 14.5 Å². The quantitative estimate of drug-likeness (QED) is 0.436. The lowest BCUT2D eigenvalue weighted by atomic mass is 10.1. The molecule has 5 rings (SSSR count). The lowest BCUT2D eigenvalue weighted by molar-refractivity contribution is 0.0322. The summed E-state index contributed by atoms with van der Waals surface area (Å²) in [6.07, 6.45) is 0.963. The van der Waals surface area contributed by atoms with Gasteiger partial charge in [-0.15, -0.1) is 0 Å². The standard InChI is InChI=1S/C25H27N7O3/c1-17-13-19(15-26)29-32(17)25-21(18(2)33)4-6-24(28-25)31-16-27-22-14-20(3-5-23(22)31)35-12-9-30-7-10-34-11-8-30/h3-6,13-14,16,18,33H,7-12H2,1-2H3. The molecule has 1 fully saturated rings. The zero-order valence-corrected chi connectivity index (χ0v) is 19.8. The Morgan fingerprint density at radius 2 is 2.03 bits per heavy atom. The van der Waals surface area contributed by atoms with Crippen molar-refractivity contribution >= 4 is 11.0 Å². The molecular weight excluding hydrogens is 446 g/mol. The molecule has 10 nitrogen and oxygen atoms in total. The summed E-state index contributed by atoms with van der Waals surface area (Å²) in [4.78, 5) is 11.7. The molecule has 0 saturated carbocycles. The maximum Gasteiger partial charge on any atom is 0.163 e. The predicted octanol–water partition coefficient (Wildman–Crippen LogP) is 2.55. The van der Waals surface area contributed by atoms with Crippen molar-refractivity contribution in [2.45, 2.75) is 20.0 Å². The fourth-order valence-corrected chi connectivity index (χ4v) is 4.20. The zero-order chi connectivity index (χ0) is 24.4. The topological polar surface area (TPSA) is 114 Å². The van der Waals surface area contributed by atoms with E-state index in [-0.39, 0.29) is 0 Å². The fraction of sp³-hybridized carbons (Fsp3) is 0.360. The van der Waals surface area contributed by atoms with Crippen molar-refractivity contribution in [3.8, 4) is 23.5 Å². The smallest absolute Gasteiger partial charge is 0.163 e. The highest BCUT2D eigenvalue weighted by atomic mass is 16.5. The van der Waals surface area contributed by atoms with E-state index < -0.39 is 6.10 Å². The van der Waals surface area contributed by atoms with E-state index in [1.165, 1.54) is 0 Å². The number of aromatic nitrogens is 5. The molecule has 0 amide bonds. The van der Waals surface area contributed by atoms with Crippen LogP contribution in [0, 0.1) is 18.3 Å². The van der Waals surface area contributed by atoms with Gasteiger partial charge in [0.2, 0.25) is 0 Å². The minimum absolute atomic E-state index is 0.292. The Kier molecular flexibility index (Phi) is 6.46. The average molecular weight is 474 g/mol. The van der Waals surface area contributed by atoms with Crippen molar-refractivity contribution in [3.63, 3.8) is 0 Å². The van der Waals surface area contributed by atoms with Gasteiger partial charge in [0.05, 0.1) is 30.4 Å². The van der Waals surface area contributed by atoms with Gasteiger partial charge in [0.1, 0.15) is 30.6 Å². The Balaban J connectivity index is 1.41. The Morgan fingerprint density at radius 1 is 1.20 bits per heavy atom. The van der Waals surface area contributed by atoms with Crippen LogP contribution >= 0.6 is 0 Å². The molecule has 0 bridgehead atoms. The lowest BCUT2D eigenvalue weighted by Gasteiger charge is -2.26. The number of ether oxygens (including phenoxy) is 2. The van der Waals surface area contributed by atoms with Crippen molar-refractivity contribution in [1.82, 2.24) is 29.2 Å². The van der Waals surface area contributed by atoms with Crippen molar-refractivity contribution in [2.75, 3.05) is 39.5 Å². The number of benzene rings is 1. The van der Waals surface area contributed by atoms with Crippen molar-refractivity contribution in [1.29, 1.82) is 5.26 Å². The fourth-order valence-electron chi connectivity index (χ4n) is 4.20. The summed E-state index contributed by atoms with van der Waals surface area (Å²) >= 11 is 0. The van der Waals surface area contributed by atoms with Gasteiger partial charge in [-0.3, -0.25) is 9.47 Å². The minimum Gasteiger partial charge on any atom is -0.492 e. The number of pyridine rings is 1. The Hall–Kier alpha value is -3.78. The van der Waals surface area contributed by atoms with Gasteiger partial charge in [0, 0.05) is 37.0 Å². The molecule has 1 unspecified atom stereocenters. The second-order valence-electron chi connectivity index (χ2n) is 8.52. The highest BCUT2D eigenvalue weighted by Crippen LogP contribution is 2.26. The summed E-state index contributed by atoms with van der Waals surface area (Å²) in [5, 5.41) is 23.9. The number of fused-ring (bicyclic) bond motifs is 1. The van der Waals surface area contributed by atoms with Crippen molar-refractivity contribution in [3.05, 3.63) is 59.7 Å². The molecule has 1 aliphatic rings. The molecule has 1 atom stereocenters. The monoisotopic (exact) mass is 473 g/mol. The third-order valence-electron chi connectivity index (χ3n) is 6.09. The van der Waals surface area contributed by atoms with Crippen LogP contribution in [0.15, 0.2) is 42.7 Å². The van der Waals surface area contributed by atoms with E-state index in [1.54, 1.807) is 24.0 Å². The van der Waals surface area contributed by atoms with Gasteiger partial charge in [0.15, 0.2) is 11.5 Å². The van der Waals surface area contributed by atoms with E-state index in [1.807, 2.05) is 41.8 Å². The summed E-state index contributed by atoms with van der Waals surface area (Å²) in [5.41, 5.74) is 3.33. The summed E-state index contributed by atoms with van der Waals surface area (Å²) in [6, 6.07) is 13.2. The average Bonchev–Trinajstić information content (AvgIpc) is 3.47. The van der Waals surface area contributed by atoms with Crippen LogP contribution in [-0.4, -0.2) is 73.8 Å². The third-order valence-corrected chi connectivity index (χ3v) is 6.09. The number of imidazole rings is 1. The summed E-state index contributed by atoms with van der Waals surface area (Å²) < 4.78 is 14.8. The Morgan fingerprint density at radius 3 is 2.77 bits per heavy atom. The first-order valence-electron chi connectivity index (χ1n) is 11.6. The maximum atomic E-state index is 10.3. The molecule has 1 N–H and O–H groups in total. The molecule has 3 aromatic heterocycles. The molecule has 0 spiro atoms. The van der Waals surface area contributed by atoms with Crippen LogP contribution in [0.4, 0.5) is 0 Å². The summed E-state index contributed by atoms with van der Waals surface area (Å²) in [5.74, 6) is 1.87. The predicted molar refractivity (Wildman–Crippen MR) is 129 cm³/mol. The Bertz CT molecular complexity index is 1380. The lowest BCUT2D eigenvalue weighted by Crippen LogP contribution is -2.38. The number of aliphatic hydroxyl groups excluding tert-OH is 1. The minimum atomic E-state index is -0.752. The van der Waals surface area contributed by atoms with E-state index in [2.05, 4.69) is 21.1 Å². The molecular formula is C25H27N7O3. The number of aliphatic hydroxyl groups is 1. The molecule has 1 saturated heterocycles. The van der Waals surface area contributed by atoms with Gasteiger partial charge in [-0.1, -0.05) is 0 Å². The molecule has 0 aliphatic carbocycles. The van der Waals surface area contributed by atoms with E-state index >= 15 is 0 Å². The third kappa shape index (κ3) is 4.74. The van der Waals surface area contributed by atoms with Crippen LogP contribution < -0.4 is 4.74 Å². The molecule has 0 radical (unpaired) electrons. The van der Waals surface area contributed by atoms with Crippen LogP contribution in [0.1, 0.15) is 30.0 Å². The zero-order valence-electron chi connectivity index (χ0n) is 19.8. The first-order valence-corrected chi connectivity index (χ1v) is 11.6. The van der Waals surface area contributed by atoms with E-state index in [0.717, 1.165) is 55.3 Å². The summed E-state index contributed by atoms with van der Waals surface area (Å²) in [6.45, 7) is 8.41. The van der Waals surface area contributed by atoms with Crippen LogP contribution in [0.25, 0.3) is 22.7 Å². The number of nitrogens with zero attached hydrogens (tertiary/aromatic N) is 7. The van der Waals surface area contributed by atoms with Crippen LogP contribution in [0.2, 0.25) is 0 Å². The number of aryl methyl sites for hydroxylation is 1. The van der Waals surface area contributed by atoms with Gasteiger partial charge in [-0.25, -0.2) is 14.6 Å². The van der Waals surface area contributed by atoms with Crippen molar-refractivity contribution < 1.29 is 14.6 Å². The number of hydrogen-bond donors (Lipinski definition) is 1. The number of rotatable bonds is 7. The molecule has 1 aromatic carbocycles. The molecule has 10 heteroatoms. The Labute approximate surface area is 203 Å². The first-order chi connectivity index (χ1) is 17.0. The molecule has 180 valence electrons.